The average Bonchev–Trinajstić information content (AvgIpc) is 3.10. The van der Waals surface area contributed by atoms with Gasteiger partial charge in [-0.1, -0.05) is 43.3 Å². The van der Waals surface area contributed by atoms with Crippen LogP contribution in [0.4, 0.5) is 0 Å². The summed E-state index contributed by atoms with van der Waals surface area (Å²) in [5.74, 6) is 0.527. The van der Waals surface area contributed by atoms with Crippen molar-refractivity contribution in [3.05, 3.63) is 47.5 Å². The van der Waals surface area contributed by atoms with Crippen molar-refractivity contribution in [2.24, 2.45) is 0 Å². The van der Waals surface area contributed by atoms with Crippen molar-refractivity contribution in [3.63, 3.8) is 0 Å². The van der Waals surface area contributed by atoms with Gasteiger partial charge in [-0.05, 0) is 24.5 Å². The molecule has 0 aromatic heterocycles. The van der Waals surface area contributed by atoms with E-state index in [4.69, 9.17) is 23.7 Å². The first kappa shape index (κ1) is 38.9. The van der Waals surface area contributed by atoms with E-state index in [0.29, 0.717) is 17.7 Å². The van der Waals surface area contributed by atoms with Crippen LogP contribution >= 0.6 is 11.8 Å². The lowest BCUT2D eigenvalue weighted by atomic mass is 9.85. The summed E-state index contributed by atoms with van der Waals surface area (Å²) in [6, 6.07) is 7.64. The third-order valence-corrected chi connectivity index (χ3v) is 10.8. The van der Waals surface area contributed by atoms with Crippen LogP contribution in [0.1, 0.15) is 25.8 Å². The fraction of sp³-hybridized carbons (Fsp3) is 0.750. The maximum atomic E-state index is 11.0. The van der Waals surface area contributed by atoms with Crippen LogP contribution in [0.25, 0.3) is 0 Å². The number of hydrogen-bond donors (Lipinski definition) is 11. The van der Waals surface area contributed by atoms with Gasteiger partial charge in [-0.2, -0.15) is 0 Å². The van der Waals surface area contributed by atoms with E-state index in [0.717, 1.165) is 5.56 Å². The minimum Gasteiger partial charge on any atom is -0.394 e. The number of rotatable bonds is 11. The second-order valence-electron chi connectivity index (χ2n) is 12.9. The summed E-state index contributed by atoms with van der Waals surface area (Å²) >= 11 is 1.30. The van der Waals surface area contributed by atoms with Crippen LogP contribution in [0.3, 0.4) is 0 Å². The number of aliphatic hydroxyl groups excluding tert-OH is 10. The van der Waals surface area contributed by atoms with Gasteiger partial charge in [0, 0.05) is 5.75 Å². The normalized spacial score (nSPS) is 46.3. The highest BCUT2D eigenvalue weighted by Crippen LogP contribution is 2.33. The Morgan fingerprint density at radius 1 is 0.796 bits per heavy atom. The third-order valence-electron chi connectivity index (χ3n) is 9.57. The van der Waals surface area contributed by atoms with Crippen molar-refractivity contribution in [3.8, 4) is 0 Å². The summed E-state index contributed by atoms with van der Waals surface area (Å²) < 4.78 is 28.8. The SMILES string of the molecule is CCC1=CC(NC2C(C)OC(OC3C(CO)OC(OC4COC(SCc5ccccc5)C(O)C4O)C(O)C3O)C(O)C2O)C(O)C(O)C1O. The van der Waals surface area contributed by atoms with Crippen molar-refractivity contribution >= 4 is 11.8 Å². The summed E-state index contributed by atoms with van der Waals surface area (Å²) in [7, 11) is 0. The van der Waals surface area contributed by atoms with Crippen molar-refractivity contribution < 1.29 is 74.7 Å². The summed E-state index contributed by atoms with van der Waals surface area (Å²) in [6.45, 7) is 2.43. The lowest BCUT2D eigenvalue weighted by Crippen LogP contribution is -2.68. The van der Waals surface area contributed by atoms with E-state index >= 15 is 0 Å². The van der Waals surface area contributed by atoms with E-state index in [-0.39, 0.29) is 6.61 Å². The summed E-state index contributed by atoms with van der Waals surface area (Å²) in [5.41, 5.74) is 0.737. The number of ether oxygens (including phenoxy) is 5. The Morgan fingerprint density at radius 3 is 2.14 bits per heavy atom. The Balaban J connectivity index is 1.17. The molecule has 278 valence electrons. The Kier molecular flexibility index (Phi) is 13.5. The van der Waals surface area contributed by atoms with Gasteiger partial charge < -0.3 is 80.1 Å². The van der Waals surface area contributed by atoms with Gasteiger partial charge in [0.05, 0.1) is 31.4 Å². The van der Waals surface area contributed by atoms with Gasteiger partial charge in [0.25, 0.3) is 0 Å². The predicted octanol–water partition coefficient (Wildman–Crippen LogP) is -3.57. The lowest BCUT2D eigenvalue weighted by molar-refractivity contribution is -0.361. The number of hydrogen-bond acceptors (Lipinski definition) is 17. The molecule has 1 aliphatic carbocycles. The van der Waals surface area contributed by atoms with Crippen LogP contribution in [-0.2, 0) is 29.4 Å². The van der Waals surface area contributed by atoms with Crippen molar-refractivity contribution in [2.75, 3.05) is 13.2 Å². The molecule has 11 N–H and O–H groups in total. The van der Waals surface area contributed by atoms with Gasteiger partial charge in [-0.15, -0.1) is 11.8 Å². The highest BCUT2D eigenvalue weighted by Gasteiger charge is 2.52. The highest BCUT2D eigenvalue weighted by atomic mass is 32.2. The zero-order valence-corrected chi connectivity index (χ0v) is 27.9. The molecule has 1 aromatic rings. The van der Waals surface area contributed by atoms with Crippen LogP contribution in [0.5, 0.6) is 0 Å². The molecule has 0 saturated carbocycles. The molecule has 0 radical (unpaired) electrons. The van der Waals surface area contributed by atoms with Gasteiger partial charge >= 0.3 is 0 Å². The molecule has 16 nitrogen and oxygen atoms in total. The maximum Gasteiger partial charge on any atom is 0.187 e. The topological polar surface area (TPSA) is 260 Å². The molecule has 3 aliphatic heterocycles. The molecule has 18 atom stereocenters. The molecule has 0 amide bonds. The molecule has 3 saturated heterocycles. The van der Waals surface area contributed by atoms with Gasteiger partial charge in [0.2, 0.25) is 0 Å². The molecule has 1 aromatic carbocycles. The van der Waals surface area contributed by atoms with Crippen LogP contribution in [-0.4, -0.2) is 174 Å². The first-order chi connectivity index (χ1) is 23.4. The monoisotopic (exact) mass is 719 g/mol. The molecule has 0 spiro atoms. The molecular formula is C32H49NO15S. The molecule has 49 heavy (non-hydrogen) atoms. The van der Waals surface area contributed by atoms with E-state index in [1.54, 1.807) is 19.9 Å². The standard InChI is InChI=1S/C32H49NO15S/c1-3-15-9-16(21(36)24(39)20(15)35)33-19-13(2)45-30(26(41)23(19)38)48-29-17(10-34)46-31(27(42)25(29)40)47-18-11-44-32(28(43)22(18)37)49-12-14-7-5-4-6-8-14/h4-9,13,16-43H,3,10-12H2,1-2H3. The lowest BCUT2D eigenvalue weighted by Gasteiger charge is -2.48. The fourth-order valence-corrected chi connectivity index (χ4v) is 7.65. The second kappa shape index (κ2) is 17.0. The summed E-state index contributed by atoms with van der Waals surface area (Å²) in [5, 5.41) is 110. The Labute approximate surface area is 287 Å². The quantitative estimate of drug-likeness (QED) is 0.0989. The van der Waals surface area contributed by atoms with Gasteiger partial charge in [0.1, 0.15) is 78.7 Å². The molecule has 18 unspecified atom stereocenters. The summed E-state index contributed by atoms with van der Waals surface area (Å²) in [6.07, 6.45) is -19.8. The highest BCUT2D eigenvalue weighted by molar-refractivity contribution is 7.99. The van der Waals surface area contributed by atoms with Crippen molar-refractivity contribution in [2.45, 2.75) is 135 Å². The second-order valence-corrected chi connectivity index (χ2v) is 14.0. The first-order valence-corrected chi connectivity index (χ1v) is 17.5. The average molecular weight is 720 g/mol. The molecule has 3 heterocycles. The predicted molar refractivity (Wildman–Crippen MR) is 170 cm³/mol. The molecule has 4 aliphatic rings. The minimum atomic E-state index is -1.78. The number of nitrogens with one attached hydrogen (secondary N) is 1. The largest absolute Gasteiger partial charge is 0.394 e. The zero-order valence-electron chi connectivity index (χ0n) is 27.1. The number of benzene rings is 1. The molecule has 17 heteroatoms. The smallest absolute Gasteiger partial charge is 0.187 e. The summed E-state index contributed by atoms with van der Waals surface area (Å²) in [4.78, 5) is 0. The fourth-order valence-electron chi connectivity index (χ4n) is 6.56. The van der Waals surface area contributed by atoms with Crippen molar-refractivity contribution in [1.29, 1.82) is 0 Å². The third kappa shape index (κ3) is 8.50. The van der Waals surface area contributed by atoms with Crippen LogP contribution < -0.4 is 5.32 Å². The van der Waals surface area contributed by atoms with E-state index in [2.05, 4.69) is 5.32 Å². The molecular weight excluding hydrogens is 670 g/mol. The zero-order chi connectivity index (χ0) is 35.6. The maximum absolute atomic E-state index is 11.0. The first-order valence-electron chi connectivity index (χ1n) is 16.4. The van der Waals surface area contributed by atoms with E-state index in [1.165, 1.54) is 11.8 Å². The Morgan fingerprint density at radius 2 is 1.47 bits per heavy atom. The van der Waals surface area contributed by atoms with Crippen LogP contribution in [0.15, 0.2) is 42.0 Å². The minimum absolute atomic E-state index is 0.170. The van der Waals surface area contributed by atoms with Gasteiger partial charge in [-0.25, -0.2) is 0 Å². The number of thioether (sulfide) groups is 1. The van der Waals surface area contributed by atoms with Crippen LogP contribution in [0, 0.1) is 0 Å². The molecule has 5 rings (SSSR count). The molecule has 0 bridgehead atoms. The Bertz CT molecular complexity index is 1220. The van der Waals surface area contributed by atoms with E-state index in [9.17, 15) is 51.1 Å². The van der Waals surface area contributed by atoms with Gasteiger partial charge in [0.15, 0.2) is 12.6 Å². The van der Waals surface area contributed by atoms with Crippen LogP contribution in [0.2, 0.25) is 0 Å². The van der Waals surface area contributed by atoms with E-state index < -0.39 is 116 Å². The van der Waals surface area contributed by atoms with Gasteiger partial charge in [-0.3, -0.25) is 0 Å². The Hall–Kier alpha value is -1.33. The molecule has 3 fully saturated rings. The van der Waals surface area contributed by atoms with E-state index in [1.807, 2.05) is 30.3 Å². The number of aliphatic hydroxyl groups is 10. The van der Waals surface area contributed by atoms with Crippen molar-refractivity contribution in [1.82, 2.24) is 5.32 Å².